The molecule has 1 aromatic carbocycles. The number of nitrogens with zero attached hydrogens (tertiary/aromatic N) is 4. The maximum absolute atomic E-state index is 14.2. The fraction of sp³-hybridized carbons (Fsp3) is 0.208. The number of carbonyl (C=O) groups excluding carboxylic acids is 1. The molecule has 2 bridgehead atoms. The zero-order valence-electron chi connectivity index (χ0n) is 17.2. The summed E-state index contributed by atoms with van der Waals surface area (Å²) in [6.45, 7) is 0.479. The highest BCUT2D eigenvalue weighted by molar-refractivity contribution is 5.96. The number of allylic oxidation sites excluding steroid dienone is 1. The lowest BCUT2D eigenvalue weighted by molar-refractivity contribution is 0.0700. The number of carbonyl (C=O) groups is 1. The highest BCUT2D eigenvalue weighted by Gasteiger charge is 2.37. The van der Waals surface area contributed by atoms with E-state index in [2.05, 4.69) is 4.98 Å². The Kier molecular flexibility index (Phi) is 4.97. The van der Waals surface area contributed by atoms with E-state index in [1.807, 2.05) is 41.4 Å². The highest BCUT2D eigenvalue weighted by atomic mass is 19.1. The Bertz CT molecular complexity index is 1290. The van der Waals surface area contributed by atoms with Crippen molar-refractivity contribution in [1.29, 1.82) is 0 Å². The van der Waals surface area contributed by atoms with Crippen molar-refractivity contribution in [2.45, 2.75) is 18.9 Å². The molecule has 8 heteroatoms. The van der Waals surface area contributed by atoms with Crippen LogP contribution in [0.15, 0.2) is 71.7 Å². The first-order chi connectivity index (χ1) is 15.5. The molecule has 5 rings (SSSR count). The molecule has 1 N–H and O–H groups in total. The van der Waals surface area contributed by atoms with E-state index in [9.17, 15) is 19.1 Å². The fourth-order valence-electron chi connectivity index (χ4n) is 4.37. The molecule has 0 saturated heterocycles. The van der Waals surface area contributed by atoms with Crippen molar-refractivity contribution in [3.63, 3.8) is 0 Å². The van der Waals surface area contributed by atoms with Gasteiger partial charge < -0.3 is 10.0 Å². The van der Waals surface area contributed by atoms with Crippen LogP contribution < -0.4 is 10.4 Å². The first-order valence-electron chi connectivity index (χ1n) is 10.4. The third kappa shape index (κ3) is 3.33. The van der Waals surface area contributed by atoms with E-state index in [1.165, 1.54) is 23.0 Å². The zero-order chi connectivity index (χ0) is 22.2. The van der Waals surface area contributed by atoms with Crippen molar-refractivity contribution in [2.24, 2.45) is 0 Å². The molecule has 2 aromatic heterocycles. The van der Waals surface area contributed by atoms with Gasteiger partial charge in [-0.05, 0) is 36.1 Å². The molecule has 0 saturated carbocycles. The SMILES string of the molecule is O=C1c2c(O)c(=O)ccn2N2CN1C/C=C/CCc1ccccc1[C@@H]2c1cccc(F)n1. The monoisotopic (exact) mass is 432 g/mol. The summed E-state index contributed by atoms with van der Waals surface area (Å²) in [5, 5.41) is 12.3. The van der Waals surface area contributed by atoms with Crippen molar-refractivity contribution < 1.29 is 14.3 Å². The lowest BCUT2D eigenvalue weighted by Gasteiger charge is -2.43. The summed E-state index contributed by atoms with van der Waals surface area (Å²) < 4.78 is 15.7. The number of rotatable bonds is 1. The van der Waals surface area contributed by atoms with Gasteiger partial charge in [-0.3, -0.25) is 19.3 Å². The molecule has 1 amide bonds. The Morgan fingerprint density at radius 1 is 1.03 bits per heavy atom. The molecule has 0 unspecified atom stereocenters. The molecule has 0 fully saturated rings. The van der Waals surface area contributed by atoms with E-state index < -0.39 is 29.1 Å². The molecule has 32 heavy (non-hydrogen) atoms. The lowest BCUT2D eigenvalue weighted by Crippen LogP contribution is -2.55. The summed E-state index contributed by atoms with van der Waals surface area (Å²) in [6, 6.07) is 13.2. The number of hydrogen-bond donors (Lipinski definition) is 1. The van der Waals surface area contributed by atoms with E-state index in [0.29, 0.717) is 12.2 Å². The maximum atomic E-state index is 14.2. The van der Waals surface area contributed by atoms with Gasteiger partial charge in [0.05, 0.1) is 5.69 Å². The molecule has 0 radical (unpaired) electrons. The Morgan fingerprint density at radius 2 is 1.88 bits per heavy atom. The number of benzene rings is 1. The molecular formula is C24H21FN4O3. The molecular weight excluding hydrogens is 411 g/mol. The topological polar surface area (TPSA) is 78.7 Å². The van der Waals surface area contributed by atoms with Gasteiger partial charge in [0, 0.05) is 18.8 Å². The molecule has 0 spiro atoms. The number of halogens is 1. The summed E-state index contributed by atoms with van der Waals surface area (Å²) in [4.78, 5) is 31.0. The van der Waals surface area contributed by atoms with Gasteiger partial charge in [-0.15, -0.1) is 0 Å². The smallest absolute Gasteiger partial charge is 0.278 e. The number of amides is 1. The van der Waals surface area contributed by atoms with Gasteiger partial charge in [0.2, 0.25) is 11.4 Å². The van der Waals surface area contributed by atoms with E-state index in [-0.39, 0.29) is 12.4 Å². The van der Waals surface area contributed by atoms with Crippen molar-refractivity contribution in [3.05, 3.63) is 106 Å². The second-order valence-corrected chi connectivity index (χ2v) is 7.83. The quantitative estimate of drug-likeness (QED) is 0.473. The average molecular weight is 432 g/mol. The number of aromatic hydroxyl groups is 1. The van der Waals surface area contributed by atoms with Crippen LogP contribution in [0.2, 0.25) is 0 Å². The third-order valence-corrected chi connectivity index (χ3v) is 5.87. The first kappa shape index (κ1) is 20.0. The number of hydrogen-bond acceptors (Lipinski definition) is 5. The number of pyridine rings is 2. The van der Waals surface area contributed by atoms with Crippen molar-refractivity contribution >= 4 is 5.91 Å². The number of aryl methyl sites for hydroxylation is 1. The summed E-state index contributed by atoms with van der Waals surface area (Å²) >= 11 is 0. The predicted molar refractivity (Wildman–Crippen MR) is 116 cm³/mol. The summed E-state index contributed by atoms with van der Waals surface area (Å²) in [5.41, 5.74) is 1.70. The van der Waals surface area contributed by atoms with Gasteiger partial charge in [0.1, 0.15) is 12.7 Å². The van der Waals surface area contributed by atoms with Crippen LogP contribution in [0.25, 0.3) is 0 Å². The Morgan fingerprint density at radius 3 is 2.72 bits per heavy atom. The van der Waals surface area contributed by atoms with Crippen molar-refractivity contribution in [1.82, 2.24) is 14.6 Å². The molecule has 162 valence electrons. The van der Waals surface area contributed by atoms with Crippen LogP contribution in [-0.4, -0.2) is 38.8 Å². The minimum absolute atomic E-state index is 0.115. The van der Waals surface area contributed by atoms with Crippen LogP contribution in [0.3, 0.4) is 0 Å². The standard InChI is InChI=1S/C24H21FN4O3/c25-20-11-6-10-18(26-20)21-17-9-4-3-8-16(17)7-2-1-5-13-27-15-29(21)28-14-12-19(30)23(31)22(28)24(27)32/h1,3-6,8-12,14,21,31H,2,7,13,15H2/b5-1+/t21-/m1/s1. The molecule has 0 aliphatic carbocycles. The van der Waals surface area contributed by atoms with Gasteiger partial charge in [0.25, 0.3) is 5.91 Å². The second-order valence-electron chi connectivity index (χ2n) is 7.83. The molecule has 1 atom stereocenters. The highest BCUT2D eigenvalue weighted by Crippen LogP contribution is 2.33. The third-order valence-electron chi connectivity index (χ3n) is 5.87. The van der Waals surface area contributed by atoms with E-state index in [0.717, 1.165) is 24.0 Å². The molecule has 2 aliphatic rings. The van der Waals surface area contributed by atoms with Crippen LogP contribution in [0.5, 0.6) is 5.75 Å². The number of fused-ring (bicyclic) bond motifs is 5. The van der Waals surface area contributed by atoms with Crippen molar-refractivity contribution in [3.8, 4) is 5.75 Å². The van der Waals surface area contributed by atoms with E-state index in [1.54, 1.807) is 17.0 Å². The van der Waals surface area contributed by atoms with Crippen LogP contribution in [-0.2, 0) is 6.42 Å². The van der Waals surface area contributed by atoms with E-state index >= 15 is 0 Å². The van der Waals surface area contributed by atoms with Crippen molar-refractivity contribution in [2.75, 3.05) is 18.2 Å². The van der Waals surface area contributed by atoms with Gasteiger partial charge >= 0.3 is 0 Å². The summed E-state index contributed by atoms with van der Waals surface area (Å²) in [5.74, 6) is -1.66. The minimum Gasteiger partial charge on any atom is -0.502 e. The Balaban J connectivity index is 1.81. The predicted octanol–water partition coefficient (Wildman–Crippen LogP) is 2.73. The first-order valence-corrected chi connectivity index (χ1v) is 10.4. The average Bonchev–Trinajstić information content (AvgIpc) is 2.82. The molecule has 4 heterocycles. The van der Waals surface area contributed by atoms with Gasteiger partial charge in [-0.1, -0.05) is 42.5 Å². The lowest BCUT2D eigenvalue weighted by atomic mass is 9.94. The van der Waals surface area contributed by atoms with Crippen LogP contribution in [0.4, 0.5) is 4.39 Å². The van der Waals surface area contributed by atoms with Gasteiger partial charge in [-0.25, -0.2) is 4.98 Å². The minimum atomic E-state index is -0.632. The van der Waals surface area contributed by atoms with Crippen LogP contribution >= 0.6 is 0 Å². The second kappa shape index (κ2) is 7.96. The van der Waals surface area contributed by atoms with Crippen LogP contribution in [0, 0.1) is 5.95 Å². The zero-order valence-corrected chi connectivity index (χ0v) is 17.2. The van der Waals surface area contributed by atoms with Gasteiger partial charge in [-0.2, -0.15) is 4.39 Å². The van der Waals surface area contributed by atoms with Gasteiger partial charge in [0.15, 0.2) is 11.4 Å². The maximum Gasteiger partial charge on any atom is 0.278 e. The molecule has 7 nitrogen and oxygen atoms in total. The molecule has 2 aliphatic heterocycles. The number of aromatic nitrogens is 2. The molecule has 3 aromatic rings. The Hall–Kier alpha value is -3.94. The largest absolute Gasteiger partial charge is 0.502 e. The fourth-order valence-corrected chi connectivity index (χ4v) is 4.37. The summed E-state index contributed by atoms with van der Waals surface area (Å²) in [7, 11) is 0. The van der Waals surface area contributed by atoms with Crippen LogP contribution in [0.1, 0.15) is 39.8 Å². The Labute approximate surface area is 183 Å². The normalized spacial score (nSPS) is 19.0. The summed E-state index contributed by atoms with van der Waals surface area (Å²) in [6.07, 6.45) is 6.94. The van der Waals surface area contributed by atoms with E-state index in [4.69, 9.17) is 0 Å².